The lowest BCUT2D eigenvalue weighted by Gasteiger charge is -2.16. The first-order valence-electron chi connectivity index (χ1n) is 38.2. The van der Waals surface area contributed by atoms with E-state index in [0.717, 1.165) is 100 Å². The highest BCUT2D eigenvalue weighted by molar-refractivity contribution is 6.22. The largest absolute Gasteiger partial charge is 0.309 e. The van der Waals surface area contributed by atoms with Gasteiger partial charge in [0, 0.05) is 87.2 Å². The molecule has 18 aromatic carbocycles. The monoisotopic (exact) mass is 1420 g/mol. The molecular weight excluding hydrogens is 1360 g/mol. The average Bonchev–Trinajstić information content (AvgIpc) is 1.54. The number of fused-ring (bicyclic) bond motifs is 18. The normalized spacial score (nSPS) is 11.9. The van der Waals surface area contributed by atoms with E-state index in [1.165, 1.54) is 120 Å². The second kappa shape index (κ2) is 25.3. The molecule has 0 aliphatic heterocycles. The maximum atomic E-state index is 5.39. The van der Waals surface area contributed by atoms with Gasteiger partial charge in [-0.3, -0.25) is 0 Å². The molecule has 0 atom stereocenters. The van der Waals surface area contributed by atoms with Crippen molar-refractivity contribution in [2.24, 2.45) is 0 Å². The number of benzene rings is 18. The maximum absolute atomic E-state index is 5.39. The fraction of sp³-hybridized carbons (Fsp3) is 0. The summed E-state index contributed by atoms with van der Waals surface area (Å²) in [6.07, 6.45) is 0. The van der Waals surface area contributed by atoms with E-state index >= 15 is 0 Å². The van der Waals surface area contributed by atoms with Gasteiger partial charge in [0.15, 0.2) is 11.6 Å². The Labute approximate surface area is 642 Å². The van der Waals surface area contributed by atoms with Crippen LogP contribution < -0.4 is 0 Å². The van der Waals surface area contributed by atoms with Gasteiger partial charge in [0.05, 0.1) is 83.6 Å². The van der Waals surface area contributed by atoms with Gasteiger partial charge in [-0.15, -0.1) is 0 Å². The Morgan fingerprint density at radius 3 is 1.11 bits per heavy atom. The van der Waals surface area contributed by atoms with Crippen LogP contribution in [0, 0.1) is 0 Å². The van der Waals surface area contributed by atoms with Gasteiger partial charge in [-0.2, -0.15) is 0 Å². The molecule has 0 saturated carbocycles. The Balaban J connectivity index is 0.000000135. The lowest BCUT2D eigenvalue weighted by molar-refractivity contribution is 1.17. The van der Waals surface area contributed by atoms with Crippen LogP contribution in [0.15, 0.2) is 388 Å². The van der Waals surface area contributed by atoms with E-state index in [4.69, 9.17) is 19.9 Å². The van der Waals surface area contributed by atoms with Gasteiger partial charge in [-0.25, -0.2) is 19.9 Å². The summed E-state index contributed by atoms with van der Waals surface area (Å²) in [5.41, 5.74) is 21.9. The van der Waals surface area contributed by atoms with E-state index in [1.807, 2.05) is 24.3 Å². The predicted octanol–water partition coefficient (Wildman–Crippen LogP) is 26.9. The third-order valence-electron chi connectivity index (χ3n) is 23.0. The highest BCUT2D eigenvalue weighted by Crippen LogP contribution is 2.47. The number of rotatable bonds is 8. The highest BCUT2D eigenvalue weighted by Gasteiger charge is 2.25. The second-order valence-electron chi connectivity index (χ2n) is 29.2. The van der Waals surface area contributed by atoms with E-state index in [-0.39, 0.29) is 0 Å². The molecule has 6 aromatic heterocycles. The molecule has 0 N–H and O–H groups in total. The first kappa shape index (κ1) is 63.0. The van der Waals surface area contributed by atoms with Crippen LogP contribution in [-0.4, -0.2) is 38.2 Å². The smallest absolute Gasteiger partial charge is 0.160 e. The zero-order chi connectivity index (χ0) is 73.5. The molecule has 520 valence electrons. The molecule has 24 rings (SSSR count). The molecule has 0 bridgehead atoms. The van der Waals surface area contributed by atoms with Crippen LogP contribution in [0.5, 0.6) is 0 Å². The Bertz CT molecular complexity index is 7910. The fourth-order valence-corrected chi connectivity index (χ4v) is 17.9. The summed E-state index contributed by atoms with van der Waals surface area (Å²) in [7, 11) is 0. The molecule has 0 unspecified atom stereocenters. The topological polar surface area (TPSA) is 71.3 Å². The Morgan fingerprint density at radius 2 is 0.562 bits per heavy atom. The minimum Gasteiger partial charge on any atom is -0.309 e. The fourth-order valence-electron chi connectivity index (χ4n) is 17.9. The summed E-state index contributed by atoms with van der Waals surface area (Å²) >= 11 is 0. The lowest BCUT2D eigenvalue weighted by atomic mass is 9.97. The number of hydrogen-bond acceptors (Lipinski definition) is 4. The van der Waals surface area contributed by atoms with Crippen molar-refractivity contribution in [1.82, 2.24) is 38.2 Å². The molecule has 0 fully saturated rings. The van der Waals surface area contributed by atoms with Gasteiger partial charge in [0.25, 0.3) is 0 Å². The molecule has 0 spiro atoms. The molecule has 24 aromatic rings. The van der Waals surface area contributed by atoms with Crippen molar-refractivity contribution in [2.75, 3.05) is 0 Å². The Morgan fingerprint density at radius 1 is 0.179 bits per heavy atom. The van der Waals surface area contributed by atoms with Gasteiger partial charge in [-0.05, 0) is 147 Å². The van der Waals surface area contributed by atoms with Gasteiger partial charge < -0.3 is 18.3 Å². The molecule has 112 heavy (non-hydrogen) atoms. The molecule has 6 heterocycles. The third kappa shape index (κ3) is 9.88. The zero-order valence-corrected chi connectivity index (χ0v) is 60.5. The van der Waals surface area contributed by atoms with Crippen molar-refractivity contribution < 1.29 is 0 Å². The van der Waals surface area contributed by atoms with Crippen molar-refractivity contribution >= 4 is 152 Å². The van der Waals surface area contributed by atoms with Crippen LogP contribution >= 0.6 is 0 Å². The van der Waals surface area contributed by atoms with E-state index in [1.54, 1.807) is 0 Å². The summed E-state index contributed by atoms with van der Waals surface area (Å²) in [6.45, 7) is 0. The van der Waals surface area contributed by atoms with Crippen LogP contribution in [0.4, 0.5) is 0 Å². The predicted molar refractivity (Wildman–Crippen MR) is 468 cm³/mol. The maximum Gasteiger partial charge on any atom is 0.160 e. The molecule has 0 amide bonds. The first-order chi connectivity index (χ1) is 55.6. The minimum atomic E-state index is 0.717. The molecule has 8 nitrogen and oxygen atoms in total. The molecule has 0 radical (unpaired) electrons. The van der Waals surface area contributed by atoms with Gasteiger partial charge in [-0.1, -0.05) is 279 Å². The van der Waals surface area contributed by atoms with Gasteiger partial charge >= 0.3 is 0 Å². The van der Waals surface area contributed by atoms with Crippen molar-refractivity contribution in [3.05, 3.63) is 388 Å². The first-order valence-corrected chi connectivity index (χ1v) is 38.2. The lowest BCUT2D eigenvalue weighted by Crippen LogP contribution is -1.99. The van der Waals surface area contributed by atoms with E-state index in [0.29, 0.717) is 0 Å². The SMILES string of the molecule is c1ccc(-c2nc(-c3ccc(-n4c5cc6ccccc6cc5c5c(-n6c7ccccc7c7ccccc76)cccc54)cc3)c3ccccc3n2)cc1.c1ccc2cc(-c3nc(-c4ccc(-n5c6cc7ccccc7cc6c6c(-n7c8ccccc8c8ccccc87)cccc65)c5ccccc45)c4ccccc4n3)ccc2c1. The van der Waals surface area contributed by atoms with Crippen LogP contribution in [0.1, 0.15) is 0 Å². The van der Waals surface area contributed by atoms with E-state index < -0.39 is 0 Å². The molecular formula is C104H64N8. The average molecular weight is 1430 g/mol. The summed E-state index contributed by atoms with van der Waals surface area (Å²) in [5, 5.41) is 21.5. The molecule has 0 saturated heterocycles. The van der Waals surface area contributed by atoms with Crippen LogP contribution in [-0.2, 0) is 0 Å². The van der Waals surface area contributed by atoms with E-state index in [9.17, 15) is 0 Å². The number of aromatic nitrogens is 8. The number of para-hydroxylation sites is 6. The Hall–Kier alpha value is -15.1. The standard InChI is InChI=1S/C56H34N4.C48H30N4/c1-2-15-36-32-39(29-28-35(36)14-1)56-57-47-23-10-7-22-45(47)55(58-56)44-30-31-50(41-19-6-5-18-40(41)44)60-52-27-13-26-51(54(52)46-33-37-16-3-4-17-38(37)34-53(46)60)59-48-24-11-8-20-42(48)43-21-9-12-25-49(43)59;1-2-13-32(14-3-1)48-49-40-20-9-6-19-38(40)47(50-48)31-25-27-35(28-26-31)51-43-23-12-24-44(46(43)39-29-33-15-4-5-16-34(33)30-45(39)51)52-41-21-10-7-17-36(41)37-18-8-11-22-42(37)52/h1-34H;1-30H. The van der Waals surface area contributed by atoms with Crippen LogP contribution in [0.2, 0.25) is 0 Å². The number of nitrogens with zero attached hydrogens (tertiary/aromatic N) is 8. The van der Waals surface area contributed by atoms with Crippen LogP contribution in [0.3, 0.4) is 0 Å². The van der Waals surface area contributed by atoms with Crippen molar-refractivity contribution in [1.29, 1.82) is 0 Å². The summed E-state index contributed by atoms with van der Waals surface area (Å²) in [5.74, 6) is 1.44. The zero-order valence-electron chi connectivity index (χ0n) is 60.5. The molecule has 8 heteroatoms. The van der Waals surface area contributed by atoms with Crippen molar-refractivity contribution in [2.45, 2.75) is 0 Å². The van der Waals surface area contributed by atoms with Gasteiger partial charge in [0.2, 0.25) is 0 Å². The van der Waals surface area contributed by atoms with Crippen molar-refractivity contribution in [3.8, 4) is 68.0 Å². The summed E-state index contributed by atoms with van der Waals surface area (Å²) < 4.78 is 9.81. The van der Waals surface area contributed by atoms with Gasteiger partial charge in [0.1, 0.15) is 0 Å². The number of hydrogen-bond donors (Lipinski definition) is 0. The van der Waals surface area contributed by atoms with E-state index in [2.05, 4.69) is 382 Å². The second-order valence-corrected chi connectivity index (χ2v) is 29.2. The Kier molecular flexibility index (Phi) is 14.2. The van der Waals surface area contributed by atoms with Crippen LogP contribution in [0.25, 0.3) is 220 Å². The summed E-state index contributed by atoms with van der Waals surface area (Å²) in [4.78, 5) is 20.6. The third-order valence-corrected chi connectivity index (χ3v) is 23.0. The minimum absolute atomic E-state index is 0.717. The van der Waals surface area contributed by atoms with Crippen molar-refractivity contribution in [3.63, 3.8) is 0 Å². The quantitative estimate of drug-likeness (QED) is 0.152. The molecule has 0 aliphatic rings. The highest BCUT2D eigenvalue weighted by atomic mass is 15.0. The molecule has 0 aliphatic carbocycles. The summed E-state index contributed by atoms with van der Waals surface area (Å²) in [6, 6.07) is 139.